The summed E-state index contributed by atoms with van der Waals surface area (Å²) >= 11 is 4.76. The van der Waals surface area contributed by atoms with E-state index in [1.165, 1.54) is 0 Å². The number of aldehydes is 1. The number of phosphoric acid groups is 1. The standard InChI is InChI=1S/C17H15F2N2O9PS/c18-10-1-2-11-8(3-10)6-27-31(26,30-11)28-7-17(19)13(24)12(23)15(29-17)21-4-9(5-22)14(32)20-16(21)25/h1-5,12-13,15,23-24H,6-7H2,(H,20,25,32)/t12-,13+,15-,17-,31?/m1/s1/i7D2,15D. The fraction of sp³-hybridized carbons (Fsp3) is 0.353. The number of benzene rings is 1. The van der Waals surface area contributed by atoms with E-state index in [0.29, 0.717) is 6.20 Å². The lowest BCUT2D eigenvalue weighted by Gasteiger charge is -2.28. The van der Waals surface area contributed by atoms with Crippen molar-refractivity contribution in [3.63, 3.8) is 0 Å². The third-order valence-electron chi connectivity index (χ3n) is 4.43. The molecule has 2 aliphatic heterocycles. The fourth-order valence-electron chi connectivity index (χ4n) is 2.83. The van der Waals surface area contributed by atoms with Gasteiger partial charge in [0, 0.05) is 11.8 Å². The Kier molecular flexibility index (Phi) is 4.93. The van der Waals surface area contributed by atoms with Crippen molar-refractivity contribution in [3.05, 3.63) is 56.5 Å². The van der Waals surface area contributed by atoms with Gasteiger partial charge >= 0.3 is 13.5 Å². The van der Waals surface area contributed by atoms with Crippen LogP contribution in [0, 0.1) is 10.5 Å². The van der Waals surface area contributed by atoms with Crippen LogP contribution in [0.3, 0.4) is 0 Å². The van der Waals surface area contributed by atoms with Gasteiger partial charge in [0.2, 0.25) is 0 Å². The topological polar surface area (TPSA) is 149 Å². The summed E-state index contributed by atoms with van der Waals surface area (Å²) in [4.78, 5) is 25.4. The maximum Gasteiger partial charge on any atom is 0.530 e. The minimum Gasteiger partial charge on any atom is -0.404 e. The van der Waals surface area contributed by atoms with Gasteiger partial charge < -0.3 is 19.5 Å². The molecular weight excluding hydrogens is 477 g/mol. The number of fused-ring (bicyclic) bond motifs is 1. The van der Waals surface area contributed by atoms with Crippen LogP contribution in [-0.4, -0.2) is 50.7 Å². The summed E-state index contributed by atoms with van der Waals surface area (Å²) in [6.07, 6.45) is -8.00. The third-order valence-corrected chi connectivity index (χ3v) is 5.95. The van der Waals surface area contributed by atoms with Crippen molar-refractivity contribution >= 4 is 26.3 Å². The molecule has 1 fully saturated rings. The Balaban J connectivity index is 1.68. The largest absolute Gasteiger partial charge is 0.530 e. The number of carbonyl (C=O) groups excluding carboxylic acids is 1. The second-order valence-corrected chi connectivity index (χ2v) is 8.49. The van der Waals surface area contributed by atoms with Gasteiger partial charge in [0.1, 0.15) is 35.0 Å². The number of aliphatic hydroxyl groups excluding tert-OH is 2. The van der Waals surface area contributed by atoms with Gasteiger partial charge in [0.15, 0.2) is 12.5 Å². The van der Waals surface area contributed by atoms with E-state index in [-0.39, 0.29) is 32.4 Å². The maximum absolute atomic E-state index is 15.8. The smallest absolute Gasteiger partial charge is 0.404 e. The molecule has 1 saturated heterocycles. The van der Waals surface area contributed by atoms with Crippen LogP contribution in [0.15, 0.2) is 29.2 Å². The van der Waals surface area contributed by atoms with Gasteiger partial charge in [-0.05, 0) is 18.2 Å². The number of phosphoric ester groups is 1. The van der Waals surface area contributed by atoms with Gasteiger partial charge in [-0.1, -0.05) is 12.2 Å². The van der Waals surface area contributed by atoms with Crippen molar-refractivity contribution in [2.75, 3.05) is 6.56 Å². The normalized spacial score (nSPS) is 35.8. The van der Waals surface area contributed by atoms with Crippen molar-refractivity contribution < 1.29 is 50.8 Å². The molecule has 0 spiro atoms. The van der Waals surface area contributed by atoms with Crippen LogP contribution in [0.4, 0.5) is 8.78 Å². The van der Waals surface area contributed by atoms with Crippen LogP contribution in [0.5, 0.6) is 5.75 Å². The number of H-pyrrole nitrogens is 1. The minimum absolute atomic E-state index is 0.0835. The van der Waals surface area contributed by atoms with Crippen molar-refractivity contribution in [2.24, 2.45) is 0 Å². The minimum atomic E-state index is -4.97. The van der Waals surface area contributed by atoms with Crippen LogP contribution in [0.25, 0.3) is 0 Å². The number of rotatable bonds is 5. The quantitative estimate of drug-likeness (QED) is 0.317. The number of nitrogens with zero attached hydrogens (tertiary/aromatic N) is 1. The maximum atomic E-state index is 15.8. The number of aromatic nitrogens is 2. The first-order valence-electron chi connectivity index (χ1n) is 10.2. The van der Waals surface area contributed by atoms with Gasteiger partial charge in [-0.25, -0.2) is 18.1 Å². The van der Waals surface area contributed by atoms with E-state index in [4.69, 9.17) is 30.1 Å². The number of hydrogen-bond donors (Lipinski definition) is 3. The van der Waals surface area contributed by atoms with Gasteiger partial charge in [0.25, 0.3) is 5.85 Å². The molecular formula is C17H15F2N2O9PS. The average Bonchev–Trinajstić information content (AvgIpc) is 2.95. The zero-order valence-corrected chi connectivity index (χ0v) is 17.3. The van der Waals surface area contributed by atoms with Gasteiger partial charge in [-0.3, -0.25) is 23.4 Å². The molecule has 1 unspecified atom stereocenters. The molecule has 3 N–H and O–H groups in total. The number of nitrogens with one attached hydrogen (secondary N) is 1. The van der Waals surface area contributed by atoms with Crippen molar-refractivity contribution in [1.29, 1.82) is 0 Å². The first kappa shape index (κ1) is 19.2. The predicted molar refractivity (Wildman–Crippen MR) is 103 cm³/mol. The van der Waals surface area contributed by atoms with Crippen LogP contribution in [-0.2, 0) is 25.0 Å². The lowest BCUT2D eigenvalue weighted by Crippen LogP contribution is -2.43. The van der Waals surface area contributed by atoms with Gasteiger partial charge in [-0.15, -0.1) is 0 Å². The fourth-order valence-corrected chi connectivity index (χ4v) is 4.11. The van der Waals surface area contributed by atoms with Gasteiger partial charge in [0.05, 0.1) is 16.3 Å². The van der Waals surface area contributed by atoms with E-state index in [1.54, 1.807) is 0 Å². The number of aromatic amines is 1. The molecule has 32 heavy (non-hydrogen) atoms. The Hall–Kier alpha value is -2.32. The van der Waals surface area contributed by atoms with E-state index >= 15 is 4.39 Å². The molecule has 0 bridgehead atoms. The Morgan fingerprint density at radius 2 is 2.28 bits per heavy atom. The molecule has 4 rings (SSSR count). The molecule has 172 valence electrons. The molecule has 15 heteroatoms. The average molecular weight is 495 g/mol. The molecule has 3 heterocycles. The second-order valence-electron chi connectivity index (χ2n) is 6.56. The van der Waals surface area contributed by atoms with E-state index in [0.717, 1.165) is 18.2 Å². The molecule has 11 nitrogen and oxygen atoms in total. The Morgan fingerprint density at radius 3 is 3.00 bits per heavy atom. The molecule has 1 aromatic carbocycles. The van der Waals surface area contributed by atoms with Crippen LogP contribution >= 0.6 is 20.0 Å². The van der Waals surface area contributed by atoms with E-state index in [1.807, 2.05) is 4.98 Å². The molecule has 0 aliphatic carbocycles. The highest BCUT2D eigenvalue weighted by Gasteiger charge is 2.57. The summed E-state index contributed by atoms with van der Waals surface area (Å²) in [7, 11) is -4.97. The number of ether oxygens (including phenoxy) is 1. The summed E-state index contributed by atoms with van der Waals surface area (Å²) in [5, 5.41) is 20.7. The summed E-state index contributed by atoms with van der Waals surface area (Å²) in [5.74, 6) is -5.04. The van der Waals surface area contributed by atoms with Crippen LogP contribution < -0.4 is 10.2 Å². The first-order chi connectivity index (χ1) is 16.2. The predicted octanol–water partition coefficient (Wildman–Crippen LogP) is 1.51. The molecule has 1 aromatic heterocycles. The third kappa shape index (κ3) is 4.06. The van der Waals surface area contributed by atoms with Crippen LogP contribution in [0.2, 0.25) is 0 Å². The van der Waals surface area contributed by atoms with E-state index in [2.05, 4.69) is 4.52 Å². The van der Waals surface area contributed by atoms with Crippen molar-refractivity contribution in [1.82, 2.24) is 9.55 Å². The number of alkyl halides is 1. The molecule has 0 saturated carbocycles. The second kappa shape index (κ2) is 8.23. The summed E-state index contributed by atoms with van der Waals surface area (Å²) in [5.41, 5.74) is -1.57. The number of aliphatic hydroxyl groups is 2. The lowest BCUT2D eigenvalue weighted by molar-refractivity contribution is -0.205. The first-order valence-corrected chi connectivity index (χ1v) is 10.5. The summed E-state index contributed by atoms with van der Waals surface area (Å²) in [6.45, 7) is -4.52. The number of halogens is 2. The number of carbonyl (C=O) groups is 1. The summed E-state index contributed by atoms with van der Waals surface area (Å²) < 4.78 is 85.2. The summed E-state index contributed by atoms with van der Waals surface area (Å²) in [6, 6.07) is 2.96. The Labute approximate surface area is 187 Å². The highest BCUT2D eigenvalue weighted by atomic mass is 32.1. The molecule has 5 atom stereocenters. The molecule has 0 amide bonds. The molecule has 0 radical (unpaired) electrons. The molecule has 2 aliphatic rings. The number of hydrogen-bond acceptors (Lipinski definition) is 10. The highest BCUT2D eigenvalue weighted by Crippen LogP contribution is 2.55. The van der Waals surface area contributed by atoms with Crippen LogP contribution in [0.1, 0.15) is 26.2 Å². The monoisotopic (exact) mass is 495 g/mol. The van der Waals surface area contributed by atoms with E-state index < -0.39 is 56.8 Å². The molecule has 2 aromatic rings. The van der Waals surface area contributed by atoms with E-state index in [9.17, 15) is 28.8 Å². The van der Waals surface area contributed by atoms with Crippen molar-refractivity contribution in [2.45, 2.75) is 30.9 Å². The highest BCUT2D eigenvalue weighted by molar-refractivity contribution is 7.71. The zero-order valence-electron chi connectivity index (χ0n) is 18.6. The van der Waals surface area contributed by atoms with Gasteiger partial charge in [-0.2, -0.15) is 0 Å². The zero-order chi connectivity index (χ0) is 26.0. The SMILES string of the molecule is [2H]C([2H])(OP1(=O)OCc2cc(F)ccc2O1)[C@@]1(F)O[C@@]([2H])(n2cc(C=O)c(=S)[nH]c2=O)[C@H](O)[C@@H]1O. The lowest BCUT2D eigenvalue weighted by atomic mass is 10.1. The van der Waals surface area contributed by atoms with Crippen molar-refractivity contribution in [3.8, 4) is 5.75 Å². The Morgan fingerprint density at radius 1 is 1.53 bits per heavy atom. The Bertz CT molecular complexity index is 1380.